The Morgan fingerprint density at radius 3 is 2.97 bits per heavy atom. The Labute approximate surface area is 176 Å². The lowest BCUT2D eigenvalue weighted by Gasteiger charge is -2.22. The molecule has 0 saturated carbocycles. The van der Waals surface area contributed by atoms with E-state index in [1.165, 1.54) is 18.0 Å². The van der Waals surface area contributed by atoms with Gasteiger partial charge in [-0.2, -0.15) is 4.98 Å². The minimum Gasteiger partial charge on any atom is -0.388 e. The number of rotatable bonds is 9. The standard InChI is InChI=1S/C17H24N8O6/c1-8(2)14(27)22-17-21-13-10(15(28)23-17)19-7-25(13)16-12(30-5-4-29-3)11(26)9(31-16)6-20-24-18/h7-9,11-12,16,26H,4-6H2,1-3H3,(H2,21,22,23,27,28)/t9-,11+,12?,16-/m1/s1. The lowest BCUT2D eigenvalue weighted by atomic mass is 10.1. The van der Waals surface area contributed by atoms with Crippen molar-refractivity contribution in [1.82, 2.24) is 19.5 Å². The quantitative estimate of drug-likeness (QED) is 0.216. The zero-order chi connectivity index (χ0) is 22.5. The highest BCUT2D eigenvalue weighted by molar-refractivity contribution is 5.91. The Balaban J connectivity index is 1.98. The first-order valence-electron chi connectivity index (χ1n) is 9.60. The number of amides is 1. The minimum atomic E-state index is -1.12. The van der Waals surface area contributed by atoms with Crippen LogP contribution in [0.4, 0.5) is 5.95 Å². The van der Waals surface area contributed by atoms with E-state index in [-0.39, 0.29) is 48.7 Å². The van der Waals surface area contributed by atoms with Crippen LogP contribution in [-0.4, -0.2) is 75.7 Å². The van der Waals surface area contributed by atoms with Gasteiger partial charge in [0, 0.05) is 17.9 Å². The Morgan fingerprint density at radius 2 is 2.29 bits per heavy atom. The summed E-state index contributed by atoms with van der Waals surface area (Å²) in [5.74, 6) is -0.686. The molecular weight excluding hydrogens is 412 g/mol. The highest BCUT2D eigenvalue weighted by Gasteiger charge is 2.45. The summed E-state index contributed by atoms with van der Waals surface area (Å²) in [5, 5.41) is 16.7. The number of carbonyl (C=O) groups excluding carboxylic acids is 1. The van der Waals surface area contributed by atoms with Gasteiger partial charge in [-0.1, -0.05) is 19.0 Å². The van der Waals surface area contributed by atoms with Gasteiger partial charge in [0.25, 0.3) is 5.56 Å². The van der Waals surface area contributed by atoms with Crippen molar-refractivity contribution >= 4 is 23.0 Å². The predicted octanol–water partition coefficient (Wildman–Crippen LogP) is 0.314. The summed E-state index contributed by atoms with van der Waals surface area (Å²) >= 11 is 0. The number of nitrogens with zero attached hydrogens (tertiary/aromatic N) is 6. The van der Waals surface area contributed by atoms with E-state index in [0.717, 1.165) is 0 Å². The molecule has 0 radical (unpaired) electrons. The zero-order valence-corrected chi connectivity index (χ0v) is 17.3. The van der Waals surface area contributed by atoms with Gasteiger partial charge in [-0.25, -0.2) is 4.98 Å². The first-order chi connectivity index (χ1) is 14.9. The van der Waals surface area contributed by atoms with E-state index >= 15 is 0 Å². The Hall–Kier alpha value is -3.03. The Kier molecular flexibility index (Phi) is 7.20. The third kappa shape index (κ3) is 4.84. The molecule has 3 rings (SSSR count). The van der Waals surface area contributed by atoms with Gasteiger partial charge in [0.1, 0.15) is 12.2 Å². The Bertz CT molecular complexity index is 1030. The number of carbonyl (C=O) groups is 1. The van der Waals surface area contributed by atoms with Gasteiger partial charge in [0.2, 0.25) is 11.9 Å². The first-order valence-corrected chi connectivity index (χ1v) is 9.60. The molecule has 14 heteroatoms. The van der Waals surface area contributed by atoms with Crippen LogP contribution in [0.25, 0.3) is 21.6 Å². The molecule has 3 heterocycles. The molecular formula is C17H24N8O6. The van der Waals surface area contributed by atoms with Gasteiger partial charge < -0.3 is 19.3 Å². The predicted molar refractivity (Wildman–Crippen MR) is 107 cm³/mol. The largest absolute Gasteiger partial charge is 0.388 e. The number of hydrogen-bond donors (Lipinski definition) is 3. The maximum atomic E-state index is 12.4. The molecule has 31 heavy (non-hydrogen) atoms. The van der Waals surface area contributed by atoms with Crippen molar-refractivity contribution in [3.63, 3.8) is 0 Å². The SMILES string of the molecule is COCCOC1[C@@H](O)[C@@H](CN=[N+]=[N-])O[C@H]1n1cnc2c(=O)[nH]c(NC(=O)C(C)C)nc21. The number of H-pyrrole nitrogens is 1. The number of azide groups is 1. The second kappa shape index (κ2) is 9.85. The van der Waals surface area contributed by atoms with Crippen LogP contribution in [0.5, 0.6) is 0 Å². The van der Waals surface area contributed by atoms with Gasteiger partial charge in [0.05, 0.1) is 32.2 Å². The summed E-state index contributed by atoms with van der Waals surface area (Å²) in [5.41, 5.74) is 8.19. The molecule has 1 aliphatic rings. The van der Waals surface area contributed by atoms with Crippen LogP contribution >= 0.6 is 0 Å². The summed E-state index contributed by atoms with van der Waals surface area (Å²) in [6.45, 7) is 3.74. The van der Waals surface area contributed by atoms with Crippen LogP contribution < -0.4 is 10.9 Å². The van der Waals surface area contributed by atoms with Crippen molar-refractivity contribution in [2.75, 3.05) is 32.2 Å². The molecule has 2 aromatic heterocycles. The number of anilines is 1. The second-order valence-corrected chi connectivity index (χ2v) is 7.18. The number of hydrogen-bond acceptors (Lipinski definition) is 9. The third-order valence-electron chi connectivity index (χ3n) is 4.71. The van der Waals surface area contributed by atoms with Crippen LogP contribution in [0.2, 0.25) is 0 Å². The fourth-order valence-corrected chi connectivity index (χ4v) is 3.09. The summed E-state index contributed by atoms with van der Waals surface area (Å²) < 4.78 is 18.0. The van der Waals surface area contributed by atoms with Crippen LogP contribution in [0.1, 0.15) is 20.1 Å². The number of aromatic amines is 1. The summed E-state index contributed by atoms with van der Waals surface area (Å²) in [7, 11) is 1.51. The van der Waals surface area contributed by atoms with Crippen molar-refractivity contribution in [2.24, 2.45) is 11.0 Å². The van der Waals surface area contributed by atoms with E-state index in [9.17, 15) is 14.7 Å². The van der Waals surface area contributed by atoms with Gasteiger partial charge in [-0.3, -0.25) is 24.5 Å². The molecule has 0 spiro atoms. The normalized spacial score (nSPS) is 23.3. The maximum Gasteiger partial charge on any atom is 0.280 e. The van der Waals surface area contributed by atoms with E-state index < -0.39 is 30.1 Å². The zero-order valence-electron chi connectivity index (χ0n) is 17.3. The molecule has 14 nitrogen and oxygen atoms in total. The number of nitrogens with one attached hydrogen (secondary N) is 2. The maximum absolute atomic E-state index is 12.4. The number of imidazole rings is 1. The average Bonchev–Trinajstić information content (AvgIpc) is 3.28. The van der Waals surface area contributed by atoms with E-state index in [1.807, 2.05) is 0 Å². The second-order valence-electron chi connectivity index (χ2n) is 7.18. The number of aliphatic hydroxyl groups is 1. The summed E-state index contributed by atoms with van der Waals surface area (Å²) in [6, 6.07) is 0. The van der Waals surface area contributed by atoms with Gasteiger partial charge >= 0.3 is 0 Å². The monoisotopic (exact) mass is 436 g/mol. The number of ether oxygens (including phenoxy) is 3. The van der Waals surface area contributed by atoms with Gasteiger partial charge in [0.15, 0.2) is 17.4 Å². The molecule has 2 aromatic rings. The molecule has 168 valence electrons. The molecule has 3 N–H and O–H groups in total. The van der Waals surface area contributed by atoms with Crippen LogP contribution in [-0.2, 0) is 19.0 Å². The fraction of sp³-hybridized carbons (Fsp3) is 0.647. The van der Waals surface area contributed by atoms with Gasteiger partial charge in [-0.15, -0.1) is 0 Å². The Morgan fingerprint density at radius 1 is 1.52 bits per heavy atom. The molecule has 0 aromatic carbocycles. The van der Waals surface area contributed by atoms with E-state index in [0.29, 0.717) is 0 Å². The number of fused-ring (bicyclic) bond motifs is 1. The van der Waals surface area contributed by atoms with Crippen molar-refractivity contribution < 1.29 is 24.1 Å². The molecule has 1 amide bonds. The smallest absolute Gasteiger partial charge is 0.280 e. The average molecular weight is 436 g/mol. The lowest BCUT2D eigenvalue weighted by Crippen LogP contribution is -2.36. The molecule has 1 saturated heterocycles. The summed E-state index contributed by atoms with van der Waals surface area (Å²) in [6.07, 6.45) is -2.42. The molecule has 1 aliphatic heterocycles. The molecule has 0 bridgehead atoms. The van der Waals surface area contributed by atoms with Crippen molar-refractivity contribution in [3.05, 3.63) is 27.1 Å². The number of aromatic nitrogens is 4. The number of methoxy groups -OCH3 is 1. The first kappa shape index (κ1) is 22.7. The van der Waals surface area contributed by atoms with Crippen molar-refractivity contribution in [3.8, 4) is 0 Å². The highest BCUT2D eigenvalue weighted by atomic mass is 16.6. The number of aliphatic hydroxyl groups excluding tert-OH is 1. The van der Waals surface area contributed by atoms with Crippen molar-refractivity contribution in [1.29, 1.82) is 0 Å². The third-order valence-corrected chi connectivity index (χ3v) is 4.71. The molecule has 4 atom stereocenters. The molecule has 1 unspecified atom stereocenters. The van der Waals surface area contributed by atoms with E-state index in [2.05, 4.69) is 30.3 Å². The fourth-order valence-electron chi connectivity index (χ4n) is 3.09. The van der Waals surface area contributed by atoms with E-state index in [1.54, 1.807) is 13.8 Å². The molecule has 1 fully saturated rings. The minimum absolute atomic E-state index is 0.0229. The van der Waals surface area contributed by atoms with Crippen molar-refractivity contribution in [2.45, 2.75) is 38.4 Å². The summed E-state index contributed by atoms with van der Waals surface area (Å²) in [4.78, 5) is 38.0. The van der Waals surface area contributed by atoms with Crippen LogP contribution in [0, 0.1) is 5.92 Å². The molecule has 0 aliphatic carbocycles. The lowest BCUT2D eigenvalue weighted by molar-refractivity contribution is -0.118. The topological polar surface area (TPSA) is 189 Å². The van der Waals surface area contributed by atoms with Gasteiger partial charge in [-0.05, 0) is 5.53 Å². The van der Waals surface area contributed by atoms with Crippen LogP contribution in [0.15, 0.2) is 16.2 Å². The van der Waals surface area contributed by atoms with Crippen LogP contribution in [0.3, 0.4) is 0 Å². The highest BCUT2D eigenvalue weighted by Crippen LogP contribution is 2.33. The van der Waals surface area contributed by atoms with E-state index in [4.69, 9.17) is 19.7 Å².